The molecule has 18 heavy (non-hydrogen) atoms. The maximum absolute atomic E-state index is 3.93. The van der Waals surface area contributed by atoms with Gasteiger partial charge in [0.2, 0.25) is 0 Å². The van der Waals surface area contributed by atoms with Crippen molar-refractivity contribution in [3.8, 4) is 0 Å². The van der Waals surface area contributed by atoms with Crippen LogP contribution in [0.4, 0.5) is 0 Å². The molecule has 2 N–H and O–H groups in total. The molecule has 0 amide bonds. The fourth-order valence-electron chi connectivity index (χ4n) is 4.19. The third-order valence-electron chi connectivity index (χ3n) is 5.78. The second-order valence-corrected chi connectivity index (χ2v) is 7.56. The molecule has 0 bridgehead atoms. The van der Waals surface area contributed by atoms with Crippen LogP contribution >= 0.6 is 0 Å². The van der Waals surface area contributed by atoms with E-state index in [1.807, 2.05) is 0 Å². The Kier molecular flexibility index (Phi) is 3.68. The first kappa shape index (κ1) is 12.9. The summed E-state index contributed by atoms with van der Waals surface area (Å²) in [6, 6.07) is 1.61. The predicted octanol–water partition coefficient (Wildman–Crippen LogP) is 2.93. The summed E-state index contributed by atoms with van der Waals surface area (Å²) in [4.78, 5) is 0. The normalized spacial score (nSPS) is 43.0. The lowest BCUT2D eigenvalue weighted by Crippen LogP contribution is -2.47. The summed E-state index contributed by atoms with van der Waals surface area (Å²) >= 11 is 0. The van der Waals surface area contributed by atoms with Crippen molar-refractivity contribution < 1.29 is 0 Å². The van der Waals surface area contributed by atoms with Gasteiger partial charge in [0.15, 0.2) is 0 Å². The molecule has 4 unspecified atom stereocenters. The van der Waals surface area contributed by atoms with Crippen molar-refractivity contribution in [2.24, 2.45) is 17.3 Å². The summed E-state index contributed by atoms with van der Waals surface area (Å²) < 4.78 is 0. The first-order chi connectivity index (χ1) is 8.67. The maximum Gasteiger partial charge on any atom is 0.0111 e. The van der Waals surface area contributed by atoms with Crippen LogP contribution in [-0.2, 0) is 0 Å². The van der Waals surface area contributed by atoms with Crippen LogP contribution in [0.25, 0.3) is 0 Å². The van der Waals surface area contributed by atoms with Gasteiger partial charge in [0.05, 0.1) is 0 Å². The smallest absolute Gasteiger partial charge is 0.0111 e. The van der Waals surface area contributed by atoms with Crippen molar-refractivity contribution >= 4 is 0 Å². The van der Waals surface area contributed by atoms with E-state index in [-0.39, 0.29) is 0 Å². The van der Waals surface area contributed by atoms with Gasteiger partial charge in [0.1, 0.15) is 0 Å². The summed E-state index contributed by atoms with van der Waals surface area (Å²) in [7, 11) is 0. The number of rotatable bonds is 4. The minimum atomic E-state index is 0.628. The lowest BCUT2D eigenvalue weighted by molar-refractivity contribution is 0.212. The van der Waals surface area contributed by atoms with Gasteiger partial charge in [-0.15, -0.1) is 0 Å². The predicted molar refractivity (Wildman–Crippen MR) is 76.7 cm³/mol. The van der Waals surface area contributed by atoms with Crippen molar-refractivity contribution in [1.29, 1.82) is 0 Å². The van der Waals surface area contributed by atoms with Crippen molar-refractivity contribution in [2.75, 3.05) is 13.1 Å². The highest BCUT2D eigenvalue weighted by Crippen LogP contribution is 2.51. The lowest BCUT2D eigenvalue weighted by atomic mass is 9.79. The monoisotopic (exact) mass is 250 g/mol. The first-order valence-corrected chi connectivity index (χ1v) is 8.13. The number of hydrogen-bond donors (Lipinski definition) is 2. The molecule has 2 nitrogen and oxygen atoms in total. The van der Waals surface area contributed by atoms with E-state index in [0.717, 1.165) is 23.9 Å². The Bertz CT molecular complexity index is 281. The fraction of sp³-hybridized carbons (Fsp3) is 1.00. The summed E-state index contributed by atoms with van der Waals surface area (Å²) in [5.74, 6) is 1.85. The van der Waals surface area contributed by atoms with E-state index < -0.39 is 0 Å². The van der Waals surface area contributed by atoms with E-state index >= 15 is 0 Å². The molecule has 0 aromatic rings. The van der Waals surface area contributed by atoms with Gasteiger partial charge >= 0.3 is 0 Å². The molecule has 2 saturated carbocycles. The summed E-state index contributed by atoms with van der Waals surface area (Å²) in [5, 5.41) is 7.66. The molecular weight excluding hydrogens is 220 g/mol. The number of hydrogen-bond acceptors (Lipinski definition) is 2. The zero-order valence-corrected chi connectivity index (χ0v) is 12.2. The zero-order chi connectivity index (χ0) is 12.6. The third kappa shape index (κ3) is 2.75. The van der Waals surface area contributed by atoms with Crippen LogP contribution in [0.1, 0.15) is 58.8 Å². The lowest BCUT2D eigenvalue weighted by Gasteiger charge is -2.36. The van der Waals surface area contributed by atoms with Crippen molar-refractivity contribution in [3.63, 3.8) is 0 Å². The quantitative estimate of drug-likeness (QED) is 0.801. The Balaban J connectivity index is 1.51. The molecular formula is C16H30N2. The van der Waals surface area contributed by atoms with E-state index in [9.17, 15) is 0 Å². The van der Waals surface area contributed by atoms with E-state index in [0.29, 0.717) is 5.41 Å². The van der Waals surface area contributed by atoms with Crippen LogP contribution in [0, 0.1) is 17.3 Å². The molecule has 3 fully saturated rings. The summed E-state index contributed by atoms with van der Waals surface area (Å²) in [5.41, 5.74) is 0.628. The van der Waals surface area contributed by atoms with E-state index in [2.05, 4.69) is 24.5 Å². The molecule has 1 saturated heterocycles. The van der Waals surface area contributed by atoms with Crippen LogP contribution in [-0.4, -0.2) is 25.2 Å². The number of nitrogens with one attached hydrogen (secondary N) is 2. The highest BCUT2D eigenvalue weighted by atomic mass is 15.0. The standard InChI is InChI=1S/C16H30N2/c1-16(2)10-12(16)11-18-15-7-4-3-6-13(15)14-8-5-9-17-14/h12-15,17-18H,3-11H2,1-2H3. The van der Waals surface area contributed by atoms with Gasteiger partial charge in [0.25, 0.3) is 0 Å². The van der Waals surface area contributed by atoms with Crippen LogP contribution in [0.2, 0.25) is 0 Å². The van der Waals surface area contributed by atoms with Gasteiger partial charge in [-0.05, 0) is 62.4 Å². The Morgan fingerprint density at radius 1 is 1.11 bits per heavy atom. The minimum Gasteiger partial charge on any atom is -0.314 e. The first-order valence-electron chi connectivity index (χ1n) is 8.13. The van der Waals surface area contributed by atoms with Crippen LogP contribution in [0.15, 0.2) is 0 Å². The molecule has 3 rings (SSSR count). The summed E-state index contributed by atoms with van der Waals surface area (Å²) in [6.07, 6.45) is 9.99. The van der Waals surface area contributed by atoms with Gasteiger partial charge in [-0.25, -0.2) is 0 Å². The molecule has 2 heteroatoms. The van der Waals surface area contributed by atoms with Crippen molar-refractivity contribution in [3.05, 3.63) is 0 Å². The molecule has 0 spiro atoms. The van der Waals surface area contributed by atoms with Gasteiger partial charge in [-0.3, -0.25) is 0 Å². The van der Waals surface area contributed by atoms with E-state index in [1.54, 1.807) is 0 Å². The highest BCUT2D eigenvalue weighted by molar-refractivity contribution is 4.98. The molecule has 1 heterocycles. The second kappa shape index (κ2) is 5.13. The van der Waals surface area contributed by atoms with Gasteiger partial charge < -0.3 is 10.6 Å². The fourth-order valence-corrected chi connectivity index (χ4v) is 4.19. The summed E-state index contributed by atoms with van der Waals surface area (Å²) in [6.45, 7) is 7.34. The molecule has 0 aromatic heterocycles. The van der Waals surface area contributed by atoms with Crippen LogP contribution < -0.4 is 10.6 Å². The largest absolute Gasteiger partial charge is 0.314 e. The van der Waals surface area contributed by atoms with Gasteiger partial charge in [0, 0.05) is 12.1 Å². The third-order valence-corrected chi connectivity index (χ3v) is 5.78. The van der Waals surface area contributed by atoms with Crippen LogP contribution in [0.3, 0.4) is 0 Å². The van der Waals surface area contributed by atoms with Crippen LogP contribution in [0.5, 0.6) is 0 Å². The molecule has 104 valence electrons. The van der Waals surface area contributed by atoms with Crippen molar-refractivity contribution in [2.45, 2.75) is 70.9 Å². The SMILES string of the molecule is CC1(C)CC1CNC1CCCCC1C1CCCN1. The second-order valence-electron chi connectivity index (χ2n) is 7.56. The molecule has 0 radical (unpaired) electrons. The Morgan fingerprint density at radius 3 is 2.56 bits per heavy atom. The Labute approximate surface area is 112 Å². The van der Waals surface area contributed by atoms with Crippen molar-refractivity contribution in [1.82, 2.24) is 10.6 Å². The Hall–Kier alpha value is -0.0800. The molecule has 3 aliphatic rings. The Morgan fingerprint density at radius 2 is 1.89 bits per heavy atom. The highest BCUT2D eigenvalue weighted by Gasteiger charge is 2.45. The molecule has 4 atom stereocenters. The molecule has 1 aliphatic heterocycles. The van der Waals surface area contributed by atoms with Gasteiger partial charge in [-0.2, -0.15) is 0 Å². The zero-order valence-electron chi connectivity index (χ0n) is 12.2. The average Bonchev–Trinajstić information content (AvgIpc) is 2.81. The molecule has 0 aromatic carbocycles. The average molecular weight is 250 g/mol. The van der Waals surface area contributed by atoms with E-state index in [1.165, 1.54) is 58.0 Å². The maximum atomic E-state index is 3.93. The van der Waals surface area contributed by atoms with E-state index in [4.69, 9.17) is 0 Å². The molecule has 2 aliphatic carbocycles. The van der Waals surface area contributed by atoms with Gasteiger partial charge in [-0.1, -0.05) is 26.7 Å². The topological polar surface area (TPSA) is 24.1 Å². The minimum absolute atomic E-state index is 0.628.